The Kier molecular flexibility index (Phi) is 9.20. The number of ether oxygens (including phenoxy) is 1. The third-order valence-corrected chi connectivity index (χ3v) is 7.34. The lowest BCUT2D eigenvalue weighted by molar-refractivity contribution is -0.137. The summed E-state index contributed by atoms with van der Waals surface area (Å²) in [7, 11) is -4.32. The number of anilines is 1. The van der Waals surface area contributed by atoms with Crippen molar-refractivity contribution in [3.05, 3.63) is 89.5 Å². The number of sulfonamides is 1. The van der Waals surface area contributed by atoms with Crippen LogP contribution in [0.2, 0.25) is 0 Å². The highest BCUT2D eigenvalue weighted by molar-refractivity contribution is 7.92. The van der Waals surface area contributed by atoms with Crippen LogP contribution in [0.15, 0.2) is 77.7 Å². The van der Waals surface area contributed by atoms with Crippen molar-refractivity contribution in [2.24, 2.45) is 0 Å². The Labute approximate surface area is 215 Å². The number of nitrogens with zero attached hydrogens (tertiary/aromatic N) is 1. The minimum atomic E-state index is -4.67. The van der Waals surface area contributed by atoms with E-state index in [2.05, 4.69) is 5.32 Å². The molecule has 0 saturated heterocycles. The van der Waals surface area contributed by atoms with Gasteiger partial charge >= 0.3 is 6.18 Å². The first-order valence-electron chi connectivity index (χ1n) is 11.8. The summed E-state index contributed by atoms with van der Waals surface area (Å²) in [4.78, 5) is 12.6. The van der Waals surface area contributed by atoms with E-state index in [1.807, 2.05) is 31.2 Å². The van der Waals surface area contributed by atoms with Crippen molar-refractivity contribution in [2.75, 3.05) is 24.0 Å². The van der Waals surface area contributed by atoms with E-state index in [9.17, 15) is 26.4 Å². The number of benzene rings is 3. The lowest BCUT2D eigenvalue weighted by Gasteiger charge is -2.25. The number of carbonyl (C=O) groups excluding carboxylic acids is 1. The van der Waals surface area contributed by atoms with Gasteiger partial charge in [-0.3, -0.25) is 9.10 Å². The molecule has 3 aromatic carbocycles. The fraction of sp³-hybridized carbons (Fsp3) is 0.296. The van der Waals surface area contributed by atoms with E-state index in [0.29, 0.717) is 23.8 Å². The van der Waals surface area contributed by atoms with Gasteiger partial charge in [-0.2, -0.15) is 13.2 Å². The number of aryl methyl sites for hydroxylation is 2. The van der Waals surface area contributed by atoms with Crippen LogP contribution in [0.5, 0.6) is 5.75 Å². The molecule has 0 aliphatic carbocycles. The summed E-state index contributed by atoms with van der Waals surface area (Å²) in [5.41, 5.74) is 0.602. The second kappa shape index (κ2) is 12.1. The van der Waals surface area contributed by atoms with Crippen molar-refractivity contribution in [3.63, 3.8) is 0 Å². The molecule has 0 aliphatic rings. The first kappa shape index (κ1) is 28.0. The third-order valence-electron chi connectivity index (χ3n) is 5.56. The molecule has 0 radical (unpaired) electrons. The molecule has 0 heterocycles. The van der Waals surface area contributed by atoms with Gasteiger partial charge in [0.1, 0.15) is 12.3 Å². The molecule has 0 atom stereocenters. The molecular formula is C27H29F3N2O4S. The lowest BCUT2D eigenvalue weighted by Crippen LogP contribution is -2.41. The van der Waals surface area contributed by atoms with Gasteiger partial charge in [0.2, 0.25) is 5.91 Å². The molecule has 0 unspecified atom stereocenters. The third kappa shape index (κ3) is 7.72. The van der Waals surface area contributed by atoms with Crippen LogP contribution in [0.3, 0.4) is 0 Å². The van der Waals surface area contributed by atoms with Crippen molar-refractivity contribution in [1.29, 1.82) is 0 Å². The average molecular weight is 535 g/mol. The highest BCUT2D eigenvalue weighted by atomic mass is 32.2. The Bertz CT molecular complexity index is 1290. The zero-order chi connectivity index (χ0) is 27.1. The maximum Gasteiger partial charge on any atom is 0.416 e. The van der Waals surface area contributed by atoms with Gasteiger partial charge in [0.25, 0.3) is 10.0 Å². The molecule has 0 spiro atoms. The Morgan fingerprint density at radius 2 is 1.68 bits per heavy atom. The molecule has 10 heteroatoms. The number of carbonyl (C=O) groups is 1. The second-order valence-electron chi connectivity index (χ2n) is 8.40. The van der Waals surface area contributed by atoms with Crippen molar-refractivity contribution in [3.8, 4) is 5.75 Å². The van der Waals surface area contributed by atoms with E-state index in [-0.39, 0.29) is 17.1 Å². The molecular weight excluding hydrogens is 505 g/mol. The molecule has 198 valence electrons. The van der Waals surface area contributed by atoms with E-state index in [1.54, 1.807) is 19.1 Å². The van der Waals surface area contributed by atoms with Gasteiger partial charge in [0, 0.05) is 6.54 Å². The van der Waals surface area contributed by atoms with Crippen LogP contribution in [0.25, 0.3) is 0 Å². The minimum absolute atomic E-state index is 0.126. The van der Waals surface area contributed by atoms with E-state index in [0.717, 1.165) is 35.1 Å². The zero-order valence-corrected chi connectivity index (χ0v) is 21.4. The molecule has 6 nitrogen and oxygen atoms in total. The van der Waals surface area contributed by atoms with Gasteiger partial charge in [0.05, 0.1) is 22.8 Å². The largest absolute Gasteiger partial charge is 0.494 e. The van der Waals surface area contributed by atoms with Crippen LogP contribution in [0.1, 0.15) is 30.0 Å². The molecule has 3 aromatic rings. The van der Waals surface area contributed by atoms with Gasteiger partial charge in [-0.05, 0) is 74.7 Å². The van der Waals surface area contributed by atoms with Crippen LogP contribution in [0, 0.1) is 6.92 Å². The number of alkyl halides is 3. The number of hydrogen-bond acceptors (Lipinski definition) is 4. The summed E-state index contributed by atoms with van der Waals surface area (Å²) < 4.78 is 72.8. The Hall–Kier alpha value is -3.53. The molecule has 0 bridgehead atoms. The van der Waals surface area contributed by atoms with E-state index >= 15 is 0 Å². The fourth-order valence-corrected chi connectivity index (χ4v) is 5.03. The smallest absolute Gasteiger partial charge is 0.416 e. The number of hydrogen-bond donors (Lipinski definition) is 1. The van der Waals surface area contributed by atoms with Crippen LogP contribution in [-0.2, 0) is 27.4 Å². The van der Waals surface area contributed by atoms with Crippen molar-refractivity contribution < 1.29 is 31.1 Å². The predicted molar refractivity (Wildman–Crippen MR) is 136 cm³/mol. The maximum absolute atomic E-state index is 13.4. The molecule has 3 rings (SSSR count). The standard InChI is InChI=1S/C27H29F3N2O4S/c1-3-36-24-13-11-21(12-14-24)6-5-17-31-26(33)19-32(23-8-4-7-22(18-23)27(28,29)30)37(34,35)25-15-9-20(2)10-16-25/h4,7-16,18H,3,5-6,17,19H2,1-2H3,(H,31,33). The summed E-state index contributed by atoms with van der Waals surface area (Å²) in [6.45, 7) is 3.86. The average Bonchev–Trinajstić information content (AvgIpc) is 2.86. The van der Waals surface area contributed by atoms with Gasteiger partial charge in [-0.1, -0.05) is 35.9 Å². The molecule has 1 N–H and O–H groups in total. The van der Waals surface area contributed by atoms with Crippen LogP contribution in [-0.4, -0.2) is 34.0 Å². The SMILES string of the molecule is CCOc1ccc(CCCNC(=O)CN(c2cccc(C(F)(F)F)c2)S(=O)(=O)c2ccc(C)cc2)cc1. The second-order valence-corrected chi connectivity index (χ2v) is 10.3. The van der Waals surface area contributed by atoms with E-state index < -0.39 is 34.2 Å². The Morgan fingerprint density at radius 3 is 2.30 bits per heavy atom. The number of halogens is 3. The van der Waals surface area contributed by atoms with Gasteiger partial charge in [-0.25, -0.2) is 8.42 Å². The summed E-state index contributed by atoms with van der Waals surface area (Å²) in [6.07, 6.45) is -3.40. The Balaban J connectivity index is 1.73. The first-order chi connectivity index (χ1) is 17.5. The molecule has 1 amide bonds. The van der Waals surface area contributed by atoms with Crippen molar-refractivity contribution >= 4 is 21.6 Å². The van der Waals surface area contributed by atoms with Crippen LogP contribution < -0.4 is 14.4 Å². The van der Waals surface area contributed by atoms with Crippen LogP contribution >= 0.6 is 0 Å². The molecule has 0 saturated carbocycles. The highest BCUT2D eigenvalue weighted by Gasteiger charge is 2.33. The van der Waals surface area contributed by atoms with E-state index in [4.69, 9.17) is 4.74 Å². The van der Waals surface area contributed by atoms with Crippen molar-refractivity contribution in [2.45, 2.75) is 37.8 Å². The molecule has 0 fully saturated rings. The normalized spacial score (nSPS) is 11.7. The fourth-order valence-electron chi connectivity index (χ4n) is 3.62. The minimum Gasteiger partial charge on any atom is -0.494 e. The zero-order valence-electron chi connectivity index (χ0n) is 20.6. The lowest BCUT2D eigenvalue weighted by atomic mass is 10.1. The topological polar surface area (TPSA) is 75.7 Å². The van der Waals surface area contributed by atoms with Crippen LogP contribution in [0.4, 0.5) is 18.9 Å². The number of nitrogens with one attached hydrogen (secondary N) is 1. The molecule has 37 heavy (non-hydrogen) atoms. The van der Waals surface area contributed by atoms with Gasteiger partial charge < -0.3 is 10.1 Å². The highest BCUT2D eigenvalue weighted by Crippen LogP contribution is 2.33. The summed E-state index contributed by atoms with van der Waals surface area (Å²) in [5.74, 6) is 0.142. The number of amides is 1. The van der Waals surface area contributed by atoms with E-state index in [1.165, 1.54) is 18.2 Å². The summed E-state index contributed by atoms with van der Waals surface area (Å²) >= 11 is 0. The molecule has 0 aliphatic heterocycles. The summed E-state index contributed by atoms with van der Waals surface area (Å²) in [6, 6.07) is 17.4. The van der Waals surface area contributed by atoms with Crippen molar-refractivity contribution in [1.82, 2.24) is 5.32 Å². The monoisotopic (exact) mass is 534 g/mol. The van der Waals surface area contributed by atoms with Gasteiger partial charge in [-0.15, -0.1) is 0 Å². The quantitative estimate of drug-likeness (QED) is 0.336. The summed E-state index contributed by atoms with van der Waals surface area (Å²) in [5, 5.41) is 2.67. The predicted octanol–water partition coefficient (Wildman–Crippen LogP) is 5.36. The van der Waals surface area contributed by atoms with Gasteiger partial charge in [0.15, 0.2) is 0 Å². The Morgan fingerprint density at radius 1 is 1.00 bits per heavy atom. The maximum atomic E-state index is 13.4. The number of rotatable bonds is 11. The molecule has 0 aromatic heterocycles. The first-order valence-corrected chi connectivity index (χ1v) is 13.2.